The van der Waals surface area contributed by atoms with Gasteiger partial charge in [0.1, 0.15) is 0 Å². The Morgan fingerprint density at radius 1 is 1.38 bits per heavy atom. The molecule has 0 saturated carbocycles. The van der Waals surface area contributed by atoms with E-state index < -0.39 is 0 Å². The fraction of sp³-hybridized carbons (Fsp3) is 1.00. The summed E-state index contributed by atoms with van der Waals surface area (Å²) in [4.78, 5) is 0. The third-order valence-electron chi connectivity index (χ3n) is 1.96. The summed E-state index contributed by atoms with van der Waals surface area (Å²) in [5.74, 6) is 4.26. The van der Waals surface area contributed by atoms with Crippen molar-refractivity contribution in [2.24, 2.45) is 11.7 Å². The van der Waals surface area contributed by atoms with Crippen molar-refractivity contribution in [3.63, 3.8) is 0 Å². The molecule has 1 nitrogen and oxygen atoms in total. The summed E-state index contributed by atoms with van der Waals surface area (Å²) in [5.41, 5.74) is 5.60. The lowest BCUT2D eigenvalue weighted by molar-refractivity contribution is 0.585. The molecule has 0 heterocycles. The Balaban J connectivity index is 0. The quantitative estimate of drug-likeness (QED) is 0.507. The molecule has 4 heteroatoms. The topological polar surface area (TPSA) is 26.0 Å². The van der Waals surface area contributed by atoms with Crippen LogP contribution in [0.3, 0.4) is 0 Å². The van der Waals surface area contributed by atoms with Gasteiger partial charge in [-0.05, 0) is 42.6 Å². The molecule has 0 aliphatic heterocycles. The Labute approximate surface area is 98.4 Å². The molecule has 1 atom stereocenters. The van der Waals surface area contributed by atoms with E-state index in [1.807, 2.05) is 11.8 Å². The highest BCUT2D eigenvalue weighted by atomic mass is 35.5. The van der Waals surface area contributed by atoms with Crippen molar-refractivity contribution in [2.75, 3.05) is 23.8 Å². The number of unbranched alkanes of at least 4 members (excludes halogenated alkanes) is 1. The van der Waals surface area contributed by atoms with E-state index in [9.17, 15) is 0 Å². The smallest absolute Gasteiger partial charge is 0.00272 e. The first-order chi connectivity index (χ1) is 5.85. The molecule has 0 fully saturated rings. The predicted molar refractivity (Wildman–Crippen MR) is 70.5 cm³/mol. The molecule has 2 N–H and O–H groups in total. The largest absolute Gasteiger partial charge is 0.330 e. The normalized spacial score (nSPS) is 12.2. The molecule has 82 valence electrons. The van der Waals surface area contributed by atoms with Gasteiger partial charge >= 0.3 is 0 Å². The number of hydrogen-bond acceptors (Lipinski definition) is 3. The van der Waals surface area contributed by atoms with E-state index >= 15 is 0 Å². The highest BCUT2D eigenvalue weighted by molar-refractivity contribution is 7.99. The fourth-order valence-electron chi connectivity index (χ4n) is 0.918. The van der Waals surface area contributed by atoms with Gasteiger partial charge in [-0.25, -0.2) is 0 Å². The van der Waals surface area contributed by atoms with E-state index in [2.05, 4.69) is 19.6 Å². The average Bonchev–Trinajstić information content (AvgIpc) is 2.11. The molecule has 0 bridgehead atoms. The van der Waals surface area contributed by atoms with Crippen LogP contribution in [-0.2, 0) is 0 Å². The molecule has 0 aliphatic carbocycles. The molecule has 13 heavy (non-hydrogen) atoms. The van der Waals surface area contributed by atoms with Crippen molar-refractivity contribution in [1.29, 1.82) is 0 Å². The number of thiol groups is 1. The summed E-state index contributed by atoms with van der Waals surface area (Å²) >= 11 is 6.21. The van der Waals surface area contributed by atoms with Gasteiger partial charge in [-0.1, -0.05) is 13.3 Å². The maximum Gasteiger partial charge on any atom is -0.00272 e. The molecule has 0 aromatic carbocycles. The van der Waals surface area contributed by atoms with Crippen molar-refractivity contribution < 1.29 is 0 Å². The SMILES string of the molecule is CCC(CN)CSCCCCS.Cl. The van der Waals surface area contributed by atoms with Gasteiger partial charge in [-0.15, -0.1) is 12.4 Å². The molecular weight excluding hydrogens is 222 g/mol. The van der Waals surface area contributed by atoms with E-state index in [-0.39, 0.29) is 12.4 Å². The second-order valence-electron chi connectivity index (χ2n) is 3.02. The number of halogens is 1. The molecular formula is C9H22ClNS2. The maximum atomic E-state index is 5.60. The van der Waals surface area contributed by atoms with Crippen LogP contribution in [0.1, 0.15) is 26.2 Å². The molecule has 0 amide bonds. The summed E-state index contributed by atoms with van der Waals surface area (Å²) in [6.45, 7) is 3.06. The van der Waals surface area contributed by atoms with Crippen LogP contribution < -0.4 is 5.73 Å². The van der Waals surface area contributed by atoms with Crippen LogP contribution in [-0.4, -0.2) is 23.8 Å². The Kier molecular flexibility index (Phi) is 16.3. The van der Waals surface area contributed by atoms with Crippen molar-refractivity contribution in [3.8, 4) is 0 Å². The second kappa shape index (κ2) is 12.9. The maximum absolute atomic E-state index is 5.60. The van der Waals surface area contributed by atoms with Gasteiger partial charge < -0.3 is 5.73 Å². The predicted octanol–water partition coefficient (Wildman–Crippen LogP) is 2.84. The zero-order chi connectivity index (χ0) is 9.23. The molecule has 0 aromatic heterocycles. The van der Waals surface area contributed by atoms with Crippen LogP contribution in [0, 0.1) is 5.92 Å². The standard InChI is InChI=1S/C9H21NS2.ClH/c1-2-9(7-10)8-12-6-4-3-5-11;/h9,11H,2-8,10H2,1H3;1H. The minimum Gasteiger partial charge on any atom is -0.330 e. The zero-order valence-corrected chi connectivity index (χ0v) is 10.9. The average molecular weight is 244 g/mol. The van der Waals surface area contributed by atoms with Crippen LogP contribution in [0.4, 0.5) is 0 Å². The molecule has 0 aromatic rings. The molecule has 1 unspecified atom stereocenters. The minimum atomic E-state index is 0. The second-order valence-corrected chi connectivity index (χ2v) is 4.61. The van der Waals surface area contributed by atoms with Crippen LogP contribution in [0.5, 0.6) is 0 Å². The Morgan fingerprint density at radius 3 is 2.54 bits per heavy atom. The fourth-order valence-corrected chi connectivity index (χ4v) is 2.42. The lowest BCUT2D eigenvalue weighted by Crippen LogP contribution is -2.15. The summed E-state index contributed by atoms with van der Waals surface area (Å²) in [6.07, 6.45) is 3.76. The number of thioether (sulfide) groups is 1. The van der Waals surface area contributed by atoms with E-state index in [0.717, 1.165) is 18.2 Å². The minimum absolute atomic E-state index is 0. The van der Waals surface area contributed by atoms with E-state index in [1.165, 1.54) is 30.8 Å². The van der Waals surface area contributed by atoms with Gasteiger partial charge in [0.25, 0.3) is 0 Å². The Bertz CT molecular complexity index is 89.7. The summed E-state index contributed by atoms with van der Waals surface area (Å²) < 4.78 is 0. The highest BCUT2D eigenvalue weighted by Crippen LogP contribution is 2.12. The van der Waals surface area contributed by atoms with Crippen molar-refractivity contribution in [1.82, 2.24) is 0 Å². The molecule has 0 rings (SSSR count). The summed E-state index contributed by atoms with van der Waals surface area (Å²) in [6, 6.07) is 0. The lowest BCUT2D eigenvalue weighted by atomic mass is 10.1. The van der Waals surface area contributed by atoms with E-state index in [4.69, 9.17) is 5.73 Å². The van der Waals surface area contributed by atoms with Gasteiger partial charge in [0, 0.05) is 0 Å². The van der Waals surface area contributed by atoms with Gasteiger partial charge in [0.05, 0.1) is 0 Å². The van der Waals surface area contributed by atoms with E-state index in [1.54, 1.807) is 0 Å². The molecule has 0 aliphatic rings. The molecule has 0 spiro atoms. The number of hydrogen-bond donors (Lipinski definition) is 2. The van der Waals surface area contributed by atoms with Crippen LogP contribution >= 0.6 is 36.8 Å². The van der Waals surface area contributed by atoms with Crippen LogP contribution in [0.2, 0.25) is 0 Å². The number of nitrogens with two attached hydrogens (primary N) is 1. The molecule has 0 saturated heterocycles. The third kappa shape index (κ3) is 10.9. The van der Waals surface area contributed by atoms with Crippen molar-refractivity contribution >= 4 is 36.8 Å². The zero-order valence-electron chi connectivity index (χ0n) is 8.37. The van der Waals surface area contributed by atoms with Crippen LogP contribution in [0.25, 0.3) is 0 Å². The van der Waals surface area contributed by atoms with Gasteiger partial charge in [0.2, 0.25) is 0 Å². The first kappa shape index (κ1) is 16.4. The van der Waals surface area contributed by atoms with Crippen LogP contribution in [0.15, 0.2) is 0 Å². The Hall–Kier alpha value is 0.950. The van der Waals surface area contributed by atoms with Crippen molar-refractivity contribution in [2.45, 2.75) is 26.2 Å². The van der Waals surface area contributed by atoms with E-state index in [0.29, 0.717) is 0 Å². The first-order valence-electron chi connectivity index (χ1n) is 4.73. The van der Waals surface area contributed by atoms with Gasteiger partial charge in [-0.3, -0.25) is 0 Å². The lowest BCUT2D eigenvalue weighted by Gasteiger charge is -2.10. The molecule has 0 radical (unpaired) electrons. The highest BCUT2D eigenvalue weighted by Gasteiger charge is 2.02. The monoisotopic (exact) mass is 243 g/mol. The summed E-state index contributed by atoms with van der Waals surface area (Å²) in [5, 5.41) is 0. The summed E-state index contributed by atoms with van der Waals surface area (Å²) in [7, 11) is 0. The Morgan fingerprint density at radius 2 is 2.08 bits per heavy atom. The number of rotatable bonds is 8. The first-order valence-corrected chi connectivity index (χ1v) is 6.52. The van der Waals surface area contributed by atoms with Crippen molar-refractivity contribution in [3.05, 3.63) is 0 Å². The van der Waals surface area contributed by atoms with Gasteiger partial charge in [-0.2, -0.15) is 24.4 Å². The van der Waals surface area contributed by atoms with Gasteiger partial charge in [0.15, 0.2) is 0 Å². The third-order valence-corrected chi connectivity index (χ3v) is 3.56.